The van der Waals surface area contributed by atoms with Crippen molar-refractivity contribution in [2.24, 2.45) is 0 Å². The van der Waals surface area contributed by atoms with Gasteiger partial charge in [-0.25, -0.2) is 14.3 Å². The second kappa shape index (κ2) is 5.31. The van der Waals surface area contributed by atoms with Crippen molar-refractivity contribution >= 4 is 23.2 Å². The van der Waals surface area contributed by atoms with Crippen LogP contribution in [0.2, 0.25) is 5.02 Å². The van der Waals surface area contributed by atoms with E-state index >= 15 is 0 Å². The van der Waals surface area contributed by atoms with Crippen molar-refractivity contribution < 1.29 is 9.90 Å². The van der Waals surface area contributed by atoms with Crippen LogP contribution in [0.1, 0.15) is 46.6 Å². The Bertz CT molecular complexity index is 960. The first kappa shape index (κ1) is 15.1. The molecule has 1 aromatic carbocycles. The van der Waals surface area contributed by atoms with Crippen LogP contribution in [0.15, 0.2) is 36.5 Å². The van der Waals surface area contributed by atoms with E-state index in [9.17, 15) is 9.90 Å². The Hall–Kier alpha value is -2.40. The van der Waals surface area contributed by atoms with E-state index in [-0.39, 0.29) is 11.0 Å². The number of rotatable bonds is 3. The molecule has 0 unspecified atom stereocenters. The molecule has 0 aliphatic heterocycles. The predicted molar refractivity (Wildman–Crippen MR) is 90.8 cm³/mol. The number of aryl methyl sites for hydroxylation is 1. The van der Waals surface area contributed by atoms with Crippen LogP contribution >= 0.6 is 11.6 Å². The average molecular weight is 342 g/mol. The van der Waals surface area contributed by atoms with Crippen molar-refractivity contribution in [3.8, 4) is 0 Å². The zero-order valence-corrected chi connectivity index (χ0v) is 13.9. The number of aromatic nitrogens is 3. The summed E-state index contributed by atoms with van der Waals surface area (Å²) in [5.41, 5.74) is 3.18. The Morgan fingerprint density at radius 1 is 1.33 bits per heavy atom. The van der Waals surface area contributed by atoms with Crippen LogP contribution in [0, 0.1) is 6.92 Å². The highest BCUT2D eigenvalue weighted by Crippen LogP contribution is 2.50. The number of hydrogen-bond acceptors (Lipinski definition) is 3. The summed E-state index contributed by atoms with van der Waals surface area (Å²) in [4.78, 5) is 15.6. The van der Waals surface area contributed by atoms with E-state index in [4.69, 9.17) is 16.7 Å². The lowest BCUT2D eigenvalue weighted by Gasteiger charge is -2.41. The zero-order chi connectivity index (χ0) is 16.9. The van der Waals surface area contributed by atoms with Gasteiger partial charge in [0.15, 0.2) is 5.65 Å². The molecule has 1 fully saturated rings. The van der Waals surface area contributed by atoms with Crippen molar-refractivity contribution in [1.29, 1.82) is 0 Å². The lowest BCUT2D eigenvalue weighted by Crippen LogP contribution is -2.36. The highest BCUT2D eigenvalue weighted by molar-refractivity contribution is 6.31. The Morgan fingerprint density at radius 2 is 2.08 bits per heavy atom. The number of fused-ring (bicyclic) bond motifs is 1. The van der Waals surface area contributed by atoms with Crippen molar-refractivity contribution in [1.82, 2.24) is 14.6 Å². The molecule has 5 nitrogen and oxygen atoms in total. The number of carboxylic acid groups (broad SMARTS) is 1. The van der Waals surface area contributed by atoms with Gasteiger partial charge in [0.05, 0.1) is 17.0 Å². The van der Waals surface area contributed by atoms with Crippen LogP contribution in [-0.2, 0) is 5.41 Å². The molecule has 3 aromatic rings. The molecule has 1 aliphatic rings. The molecule has 24 heavy (non-hydrogen) atoms. The quantitative estimate of drug-likeness (QED) is 0.785. The third-order valence-corrected chi connectivity index (χ3v) is 5.37. The van der Waals surface area contributed by atoms with Gasteiger partial charge in [-0.05, 0) is 31.4 Å². The lowest BCUT2D eigenvalue weighted by molar-refractivity contribution is 0.0695. The minimum Gasteiger partial charge on any atom is -0.478 e. The number of halogens is 1. The first-order valence-corrected chi connectivity index (χ1v) is 8.25. The molecular weight excluding hydrogens is 326 g/mol. The Morgan fingerprint density at radius 3 is 2.71 bits per heavy atom. The smallest absolute Gasteiger partial charge is 0.339 e. The molecular formula is C18H16ClN3O2. The molecule has 1 saturated carbocycles. The first-order valence-electron chi connectivity index (χ1n) is 7.87. The van der Waals surface area contributed by atoms with Gasteiger partial charge in [-0.1, -0.05) is 36.2 Å². The van der Waals surface area contributed by atoms with Gasteiger partial charge < -0.3 is 5.11 Å². The molecule has 4 rings (SSSR count). The van der Waals surface area contributed by atoms with Crippen molar-refractivity contribution in [2.45, 2.75) is 31.6 Å². The predicted octanol–water partition coefficient (Wildman–Crippen LogP) is 3.86. The molecule has 122 valence electrons. The van der Waals surface area contributed by atoms with E-state index in [1.54, 1.807) is 11.4 Å². The van der Waals surface area contributed by atoms with Crippen molar-refractivity contribution in [3.05, 3.63) is 64.1 Å². The van der Waals surface area contributed by atoms with Gasteiger partial charge in [0, 0.05) is 22.7 Å². The van der Waals surface area contributed by atoms with Gasteiger partial charge in [-0.3, -0.25) is 0 Å². The van der Waals surface area contributed by atoms with E-state index in [1.165, 1.54) is 6.20 Å². The summed E-state index contributed by atoms with van der Waals surface area (Å²) < 4.78 is 1.62. The summed E-state index contributed by atoms with van der Waals surface area (Å²) in [5.74, 6) is -0.997. The van der Waals surface area contributed by atoms with Gasteiger partial charge >= 0.3 is 5.97 Å². The number of benzene rings is 1. The zero-order valence-electron chi connectivity index (χ0n) is 13.2. The third-order valence-electron chi connectivity index (χ3n) is 5.04. The Balaban J connectivity index is 1.91. The second-order valence-corrected chi connectivity index (χ2v) is 6.68. The summed E-state index contributed by atoms with van der Waals surface area (Å²) in [6.45, 7) is 1.75. The molecule has 0 atom stereocenters. The van der Waals surface area contributed by atoms with Crippen molar-refractivity contribution in [2.75, 3.05) is 0 Å². The van der Waals surface area contributed by atoms with Crippen LogP contribution in [0.3, 0.4) is 0 Å². The van der Waals surface area contributed by atoms with Gasteiger partial charge in [-0.2, -0.15) is 5.10 Å². The molecule has 2 heterocycles. The minimum atomic E-state index is -0.997. The molecule has 0 radical (unpaired) electrons. The summed E-state index contributed by atoms with van der Waals surface area (Å²) in [5, 5.41) is 14.7. The number of nitrogens with zero attached hydrogens (tertiary/aromatic N) is 3. The van der Waals surface area contributed by atoms with Crippen LogP contribution in [-0.4, -0.2) is 25.7 Å². The average Bonchev–Trinajstić information content (AvgIpc) is 2.93. The fraction of sp³-hybridized carbons (Fsp3) is 0.278. The number of aromatic carboxylic acids is 1. The van der Waals surface area contributed by atoms with Gasteiger partial charge in [-0.15, -0.1) is 0 Å². The van der Waals surface area contributed by atoms with E-state index in [2.05, 4.69) is 11.1 Å². The number of carboxylic acids is 1. The summed E-state index contributed by atoms with van der Waals surface area (Å²) in [6, 6.07) is 9.81. The molecule has 2 aromatic heterocycles. The molecule has 0 spiro atoms. The molecule has 0 saturated heterocycles. The minimum absolute atomic E-state index is 0.164. The summed E-state index contributed by atoms with van der Waals surface area (Å²) in [6.07, 6.45) is 4.46. The van der Waals surface area contributed by atoms with Crippen LogP contribution in [0.5, 0.6) is 0 Å². The summed E-state index contributed by atoms with van der Waals surface area (Å²) in [7, 11) is 0. The van der Waals surface area contributed by atoms with E-state index in [0.717, 1.165) is 35.5 Å². The first-order chi connectivity index (χ1) is 11.5. The van der Waals surface area contributed by atoms with Crippen LogP contribution < -0.4 is 0 Å². The Kier molecular flexibility index (Phi) is 3.35. The monoisotopic (exact) mass is 341 g/mol. The Labute approximate surface area is 143 Å². The maximum atomic E-state index is 11.3. The lowest BCUT2D eigenvalue weighted by atomic mass is 9.62. The van der Waals surface area contributed by atoms with Gasteiger partial charge in [0.25, 0.3) is 0 Å². The molecule has 6 heteroatoms. The molecule has 0 bridgehead atoms. The van der Waals surface area contributed by atoms with Gasteiger partial charge in [0.2, 0.25) is 0 Å². The fourth-order valence-corrected chi connectivity index (χ4v) is 3.85. The molecule has 0 amide bonds. The normalized spacial score (nSPS) is 16.1. The topological polar surface area (TPSA) is 67.5 Å². The number of carbonyl (C=O) groups is 1. The van der Waals surface area contributed by atoms with E-state index in [0.29, 0.717) is 11.3 Å². The second-order valence-electron chi connectivity index (χ2n) is 6.28. The maximum Gasteiger partial charge on any atom is 0.339 e. The largest absolute Gasteiger partial charge is 0.478 e. The SMILES string of the molecule is Cc1c(C(=O)O)cnc2cc(C3(c4ccccc4Cl)CCC3)nn12. The van der Waals surface area contributed by atoms with Crippen LogP contribution in [0.4, 0.5) is 0 Å². The number of hydrogen-bond donors (Lipinski definition) is 1. The standard InChI is InChI=1S/C18H16ClN3O2/c1-11-12(17(23)24)10-20-16-9-15(21-22(11)16)18(7-4-8-18)13-5-2-3-6-14(13)19/h2-3,5-6,9-10H,4,7-8H2,1H3,(H,23,24). The van der Waals surface area contributed by atoms with E-state index < -0.39 is 5.97 Å². The van der Waals surface area contributed by atoms with E-state index in [1.807, 2.05) is 24.3 Å². The maximum absolute atomic E-state index is 11.3. The molecule has 1 N–H and O–H groups in total. The van der Waals surface area contributed by atoms with Crippen molar-refractivity contribution in [3.63, 3.8) is 0 Å². The fourth-order valence-electron chi connectivity index (χ4n) is 3.54. The highest BCUT2D eigenvalue weighted by atomic mass is 35.5. The molecule has 1 aliphatic carbocycles. The van der Waals surface area contributed by atoms with Crippen LogP contribution in [0.25, 0.3) is 5.65 Å². The van der Waals surface area contributed by atoms with Gasteiger partial charge in [0.1, 0.15) is 0 Å². The summed E-state index contributed by atoms with van der Waals surface area (Å²) >= 11 is 6.44. The highest BCUT2D eigenvalue weighted by Gasteiger charge is 2.43. The third kappa shape index (κ3) is 2.04.